The Bertz CT molecular complexity index is 374. The van der Waals surface area contributed by atoms with Gasteiger partial charge in [-0.3, -0.25) is 4.98 Å². The number of pyridine rings is 1. The predicted octanol–water partition coefficient (Wildman–Crippen LogP) is 3.84. The first-order chi connectivity index (χ1) is 8.97. The molecule has 2 rings (SSSR count). The lowest BCUT2D eigenvalue weighted by Gasteiger charge is -2.38. The van der Waals surface area contributed by atoms with Gasteiger partial charge in [-0.25, -0.2) is 0 Å². The summed E-state index contributed by atoms with van der Waals surface area (Å²) in [6, 6.07) is 5.92. The van der Waals surface area contributed by atoms with Crippen LogP contribution in [-0.4, -0.2) is 16.2 Å². The third-order valence-corrected chi connectivity index (χ3v) is 4.69. The number of hydrogen-bond donors (Lipinski definition) is 1. The van der Waals surface area contributed by atoms with E-state index >= 15 is 0 Å². The Morgan fingerprint density at radius 1 is 1.21 bits per heavy atom. The Hall–Kier alpha value is -0.890. The summed E-state index contributed by atoms with van der Waals surface area (Å²) >= 11 is 0. The summed E-state index contributed by atoms with van der Waals surface area (Å²) in [5, 5.41) is 10.4. The average molecular weight is 261 g/mol. The van der Waals surface area contributed by atoms with Crippen LogP contribution in [0.2, 0.25) is 0 Å². The first kappa shape index (κ1) is 14.5. The van der Waals surface area contributed by atoms with E-state index in [1.54, 1.807) is 6.20 Å². The molecule has 0 aromatic carbocycles. The van der Waals surface area contributed by atoms with Crippen LogP contribution < -0.4 is 0 Å². The van der Waals surface area contributed by atoms with Crippen molar-refractivity contribution < 1.29 is 5.11 Å². The van der Waals surface area contributed by atoms with E-state index in [2.05, 4.69) is 25.8 Å². The molecule has 1 fully saturated rings. The van der Waals surface area contributed by atoms with Crippen molar-refractivity contribution in [2.24, 2.45) is 17.3 Å². The second-order valence-electron chi connectivity index (χ2n) is 7.07. The molecule has 0 amide bonds. The van der Waals surface area contributed by atoms with Gasteiger partial charge in [-0.1, -0.05) is 26.8 Å². The van der Waals surface area contributed by atoms with E-state index in [4.69, 9.17) is 0 Å². The molecule has 0 aliphatic heterocycles. The predicted molar refractivity (Wildman–Crippen MR) is 78.9 cm³/mol. The molecule has 0 radical (unpaired) electrons. The smallest absolute Gasteiger partial charge is 0.0623 e. The second-order valence-corrected chi connectivity index (χ2v) is 7.07. The largest absolute Gasteiger partial charge is 0.392 e. The number of aliphatic hydroxyl groups excluding tert-OH is 1. The molecule has 2 heteroatoms. The summed E-state index contributed by atoms with van der Waals surface area (Å²) in [5.41, 5.74) is 1.42. The van der Waals surface area contributed by atoms with Crippen LogP contribution in [0.15, 0.2) is 24.4 Å². The van der Waals surface area contributed by atoms with Crippen molar-refractivity contribution in [3.63, 3.8) is 0 Å². The minimum absolute atomic E-state index is 0.226. The van der Waals surface area contributed by atoms with Gasteiger partial charge in [0.25, 0.3) is 0 Å². The summed E-state index contributed by atoms with van der Waals surface area (Å²) in [7, 11) is 0. The topological polar surface area (TPSA) is 33.1 Å². The van der Waals surface area contributed by atoms with Gasteiger partial charge in [-0.2, -0.15) is 0 Å². The Kier molecular flexibility index (Phi) is 4.62. The molecule has 1 aliphatic rings. The summed E-state index contributed by atoms with van der Waals surface area (Å²) < 4.78 is 0. The van der Waals surface area contributed by atoms with Crippen LogP contribution in [0.1, 0.15) is 52.1 Å². The van der Waals surface area contributed by atoms with Crippen LogP contribution in [0.5, 0.6) is 0 Å². The Morgan fingerprint density at radius 2 is 1.89 bits per heavy atom. The van der Waals surface area contributed by atoms with Gasteiger partial charge >= 0.3 is 0 Å². The summed E-state index contributed by atoms with van der Waals surface area (Å²) in [4.78, 5) is 4.31. The Labute approximate surface area is 117 Å². The fraction of sp³-hybridized carbons (Fsp3) is 0.706. The lowest BCUT2D eigenvalue weighted by atomic mass is 9.68. The highest BCUT2D eigenvalue weighted by Crippen LogP contribution is 2.40. The maximum atomic E-state index is 10.4. The van der Waals surface area contributed by atoms with Crippen LogP contribution in [-0.2, 0) is 6.42 Å². The van der Waals surface area contributed by atoms with Crippen LogP contribution in [0, 0.1) is 17.3 Å². The molecule has 1 aromatic rings. The number of rotatable bonds is 3. The van der Waals surface area contributed by atoms with Gasteiger partial charge < -0.3 is 5.11 Å². The summed E-state index contributed by atoms with van der Waals surface area (Å²) in [5.74, 6) is 1.27. The van der Waals surface area contributed by atoms with Gasteiger partial charge in [0.05, 0.1) is 6.10 Å². The standard InChI is InChI=1S/C17H27NO/c1-17(2,3)14-9-7-13(8-10-14)16(19)12-15-6-4-5-11-18-15/h4-6,11,13-14,16,19H,7-10,12H2,1-3H3. The van der Waals surface area contributed by atoms with E-state index in [1.165, 1.54) is 12.8 Å². The normalized spacial score (nSPS) is 26.1. The zero-order valence-electron chi connectivity index (χ0n) is 12.5. The number of hydrogen-bond acceptors (Lipinski definition) is 2. The maximum absolute atomic E-state index is 10.4. The van der Waals surface area contributed by atoms with Crippen molar-refractivity contribution in [3.8, 4) is 0 Å². The van der Waals surface area contributed by atoms with E-state index in [1.807, 2.05) is 18.2 Å². The SMILES string of the molecule is CC(C)(C)C1CCC(C(O)Cc2ccccn2)CC1. The summed E-state index contributed by atoms with van der Waals surface area (Å²) in [6.45, 7) is 7.01. The molecular weight excluding hydrogens is 234 g/mol. The van der Waals surface area contributed by atoms with Crippen molar-refractivity contribution >= 4 is 0 Å². The number of aliphatic hydroxyl groups is 1. The van der Waals surface area contributed by atoms with Crippen LogP contribution in [0.25, 0.3) is 0 Å². The van der Waals surface area contributed by atoms with E-state index in [0.717, 1.165) is 24.5 Å². The van der Waals surface area contributed by atoms with Crippen molar-refractivity contribution in [2.75, 3.05) is 0 Å². The fourth-order valence-electron chi connectivity index (χ4n) is 3.27. The molecule has 19 heavy (non-hydrogen) atoms. The molecule has 0 saturated heterocycles. The highest BCUT2D eigenvalue weighted by molar-refractivity contribution is 5.05. The molecule has 0 spiro atoms. The quantitative estimate of drug-likeness (QED) is 0.897. The highest BCUT2D eigenvalue weighted by Gasteiger charge is 2.32. The molecule has 1 heterocycles. The Morgan fingerprint density at radius 3 is 2.42 bits per heavy atom. The minimum Gasteiger partial charge on any atom is -0.392 e. The number of nitrogens with zero attached hydrogens (tertiary/aromatic N) is 1. The van der Waals surface area contributed by atoms with Crippen molar-refractivity contribution in [3.05, 3.63) is 30.1 Å². The maximum Gasteiger partial charge on any atom is 0.0623 e. The lowest BCUT2D eigenvalue weighted by Crippen LogP contribution is -2.31. The van der Waals surface area contributed by atoms with E-state index in [9.17, 15) is 5.11 Å². The molecule has 0 bridgehead atoms. The molecule has 1 unspecified atom stereocenters. The first-order valence-corrected chi connectivity index (χ1v) is 7.55. The molecule has 1 saturated carbocycles. The molecule has 1 aromatic heterocycles. The first-order valence-electron chi connectivity index (χ1n) is 7.55. The van der Waals surface area contributed by atoms with Crippen LogP contribution >= 0.6 is 0 Å². The van der Waals surface area contributed by atoms with Crippen molar-refractivity contribution in [2.45, 2.75) is 59.0 Å². The van der Waals surface area contributed by atoms with Crippen molar-refractivity contribution in [1.82, 2.24) is 4.98 Å². The third kappa shape index (κ3) is 4.04. The zero-order valence-corrected chi connectivity index (χ0v) is 12.5. The van der Waals surface area contributed by atoms with Crippen molar-refractivity contribution in [1.29, 1.82) is 0 Å². The van der Waals surface area contributed by atoms with Gasteiger partial charge in [-0.15, -0.1) is 0 Å². The van der Waals surface area contributed by atoms with Gasteiger partial charge in [0, 0.05) is 18.3 Å². The monoisotopic (exact) mass is 261 g/mol. The second kappa shape index (κ2) is 6.04. The molecule has 106 valence electrons. The molecular formula is C17H27NO. The van der Waals surface area contributed by atoms with E-state index < -0.39 is 0 Å². The van der Waals surface area contributed by atoms with Gasteiger partial charge in [0.15, 0.2) is 0 Å². The van der Waals surface area contributed by atoms with Gasteiger partial charge in [0.2, 0.25) is 0 Å². The Balaban J connectivity index is 1.84. The van der Waals surface area contributed by atoms with E-state index in [0.29, 0.717) is 17.8 Å². The molecule has 1 aliphatic carbocycles. The lowest BCUT2D eigenvalue weighted by molar-refractivity contribution is 0.0531. The molecule has 1 N–H and O–H groups in total. The van der Waals surface area contributed by atoms with Gasteiger partial charge in [-0.05, 0) is 55.1 Å². The fourth-order valence-corrected chi connectivity index (χ4v) is 3.27. The van der Waals surface area contributed by atoms with Crippen LogP contribution in [0.3, 0.4) is 0 Å². The van der Waals surface area contributed by atoms with E-state index in [-0.39, 0.29) is 6.10 Å². The molecule has 2 nitrogen and oxygen atoms in total. The minimum atomic E-state index is -0.226. The van der Waals surface area contributed by atoms with Gasteiger partial charge in [0.1, 0.15) is 0 Å². The van der Waals surface area contributed by atoms with Crippen LogP contribution in [0.4, 0.5) is 0 Å². The third-order valence-electron chi connectivity index (χ3n) is 4.69. The molecule has 1 atom stereocenters. The average Bonchev–Trinajstić information content (AvgIpc) is 2.39. The zero-order chi connectivity index (χ0) is 13.9. The number of aromatic nitrogens is 1. The summed E-state index contributed by atoms with van der Waals surface area (Å²) in [6.07, 6.45) is 7.12. The highest BCUT2D eigenvalue weighted by atomic mass is 16.3.